The fourth-order valence-electron chi connectivity index (χ4n) is 3.53. The summed E-state index contributed by atoms with van der Waals surface area (Å²) in [4.78, 5) is 19.5. The molecule has 4 rings (SSSR count). The average molecular weight is 521 g/mol. The minimum atomic E-state index is -4.86. The van der Waals surface area contributed by atoms with E-state index >= 15 is 0 Å². The fourth-order valence-corrected chi connectivity index (χ4v) is 3.53. The number of hydrogen-bond acceptors (Lipinski definition) is 4. The van der Waals surface area contributed by atoms with E-state index in [0.717, 1.165) is 54.9 Å². The summed E-state index contributed by atoms with van der Waals surface area (Å²) < 4.78 is 96.6. The maximum absolute atomic E-state index is 13.8. The van der Waals surface area contributed by atoms with Crippen molar-refractivity contribution in [3.63, 3.8) is 0 Å². The second-order valence-electron chi connectivity index (χ2n) is 7.56. The summed E-state index contributed by atoms with van der Waals surface area (Å²) in [7, 11) is 0. The Morgan fingerprint density at radius 1 is 0.865 bits per heavy atom. The minimum Gasteiger partial charge on any atom is -0.366 e. The van der Waals surface area contributed by atoms with E-state index in [1.165, 1.54) is 18.2 Å². The molecular weight excluding hydrogens is 507 g/mol. The third-order valence-corrected chi connectivity index (χ3v) is 5.13. The van der Waals surface area contributed by atoms with Gasteiger partial charge in [-0.3, -0.25) is 4.79 Å². The normalized spacial score (nSPS) is 12.6. The summed E-state index contributed by atoms with van der Waals surface area (Å²) in [5, 5.41) is 3.97. The first-order chi connectivity index (χ1) is 17.4. The molecular formula is C24H14F7N5O. The SMILES string of the molecule is NC(=O)/C(=C\n1nc(-c2ccccc2C(F)(F)F)nc1-c1ccccc1C(F)(F)F)c1ccnc(F)c1. The molecule has 0 radical (unpaired) electrons. The minimum absolute atomic E-state index is 0.0946. The summed E-state index contributed by atoms with van der Waals surface area (Å²) in [5.74, 6) is -3.20. The zero-order valence-corrected chi connectivity index (χ0v) is 18.3. The molecule has 0 aliphatic rings. The quantitative estimate of drug-likeness (QED) is 0.208. The summed E-state index contributed by atoms with van der Waals surface area (Å²) in [6, 6.07) is 10.5. The van der Waals surface area contributed by atoms with Crippen molar-refractivity contribution < 1.29 is 35.5 Å². The molecule has 0 aliphatic heterocycles. The van der Waals surface area contributed by atoms with Crippen molar-refractivity contribution in [2.75, 3.05) is 0 Å². The number of rotatable bonds is 5. The topological polar surface area (TPSA) is 86.7 Å². The Kier molecular flexibility index (Phi) is 6.55. The van der Waals surface area contributed by atoms with Crippen molar-refractivity contribution in [3.8, 4) is 22.8 Å². The molecule has 13 heteroatoms. The number of aromatic nitrogens is 4. The highest BCUT2D eigenvalue weighted by atomic mass is 19.4. The molecule has 37 heavy (non-hydrogen) atoms. The van der Waals surface area contributed by atoms with Crippen LogP contribution in [0.3, 0.4) is 0 Å². The molecule has 4 aromatic rings. The highest BCUT2D eigenvalue weighted by molar-refractivity contribution is 6.22. The predicted octanol–water partition coefficient (Wildman–Crippen LogP) is 5.67. The highest BCUT2D eigenvalue weighted by Crippen LogP contribution is 2.39. The molecule has 0 saturated carbocycles. The summed E-state index contributed by atoms with van der Waals surface area (Å²) in [6.07, 6.45) is -7.79. The Labute approximate surface area is 203 Å². The lowest BCUT2D eigenvalue weighted by atomic mass is 10.1. The van der Waals surface area contributed by atoms with Crippen LogP contribution in [-0.4, -0.2) is 25.7 Å². The van der Waals surface area contributed by atoms with E-state index in [2.05, 4.69) is 15.1 Å². The van der Waals surface area contributed by atoms with E-state index < -0.39 is 63.7 Å². The lowest BCUT2D eigenvalue weighted by molar-refractivity contribution is -0.137. The molecule has 1 amide bonds. The van der Waals surface area contributed by atoms with E-state index in [9.17, 15) is 35.5 Å². The maximum atomic E-state index is 13.8. The Morgan fingerprint density at radius 2 is 1.43 bits per heavy atom. The molecule has 0 saturated heterocycles. The van der Waals surface area contributed by atoms with Crippen molar-refractivity contribution in [1.82, 2.24) is 19.7 Å². The van der Waals surface area contributed by atoms with Gasteiger partial charge in [0.05, 0.1) is 16.7 Å². The van der Waals surface area contributed by atoms with Crippen molar-refractivity contribution in [1.29, 1.82) is 0 Å². The number of carbonyl (C=O) groups is 1. The van der Waals surface area contributed by atoms with Crippen LogP contribution in [0.5, 0.6) is 0 Å². The Bertz CT molecular complexity index is 1510. The molecule has 2 aromatic heterocycles. The first-order valence-corrected chi connectivity index (χ1v) is 10.3. The number of benzene rings is 2. The molecule has 0 fully saturated rings. The van der Waals surface area contributed by atoms with Gasteiger partial charge in [-0.1, -0.05) is 36.4 Å². The smallest absolute Gasteiger partial charge is 0.366 e. The van der Waals surface area contributed by atoms with Crippen LogP contribution in [0.15, 0.2) is 66.9 Å². The number of amides is 1. The molecule has 0 atom stereocenters. The van der Waals surface area contributed by atoms with Crippen molar-refractivity contribution in [2.45, 2.75) is 12.4 Å². The number of hydrogen-bond donors (Lipinski definition) is 1. The molecule has 2 aromatic carbocycles. The molecule has 190 valence electrons. The molecule has 0 aliphatic carbocycles. The molecule has 0 spiro atoms. The Morgan fingerprint density at radius 3 is 2.00 bits per heavy atom. The van der Waals surface area contributed by atoms with Crippen LogP contribution in [-0.2, 0) is 17.1 Å². The monoisotopic (exact) mass is 521 g/mol. The number of nitrogens with two attached hydrogens (primary N) is 1. The third-order valence-electron chi connectivity index (χ3n) is 5.13. The van der Waals surface area contributed by atoms with Gasteiger partial charge in [-0.05, 0) is 23.8 Å². The van der Waals surface area contributed by atoms with Gasteiger partial charge in [0.15, 0.2) is 11.6 Å². The maximum Gasteiger partial charge on any atom is 0.417 e. The molecule has 2 N–H and O–H groups in total. The van der Waals surface area contributed by atoms with Gasteiger partial charge in [-0.25, -0.2) is 14.6 Å². The van der Waals surface area contributed by atoms with E-state index in [1.807, 2.05) is 0 Å². The van der Waals surface area contributed by atoms with Crippen LogP contribution in [0.25, 0.3) is 34.5 Å². The van der Waals surface area contributed by atoms with Gasteiger partial charge in [0.2, 0.25) is 5.95 Å². The number of alkyl halides is 6. The lowest BCUT2D eigenvalue weighted by Crippen LogP contribution is -2.15. The summed E-state index contributed by atoms with van der Waals surface area (Å²) in [5.41, 5.74) is 1.59. The second-order valence-corrected chi connectivity index (χ2v) is 7.56. The van der Waals surface area contributed by atoms with Gasteiger partial charge in [0, 0.05) is 29.6 Å². The van der Waals surface area contributed by atoms with Crippen molar-refractivity contribution in [3.05, 3.63) is 89.5 Å². The van der Waals surface area contributed by atoms with Gasteiger partial charge in [0.25, 0.3) is 5.91 Å². The number of carbonyl (C=O) groups excluding carboxylic acids is 1. The molecule has 6 nitrogen and oxygen atoms in total. The zero-order chi connectivity index (χ0) is 27.0. The van der Waals surface area contributed by atoms with E-state index in [1.54, 1.807) is 0 Å². The number of halogens is 7. The first kappa shape index (κ1) is 25.5. The predicted molar refractivity (Wildman–Crippen MR) is 118 cm³/mol. The standard InChI is InChI=1S/C24H14F7N5O/c25-19-11-13(9-10-33-19)16(20(32)37)12-36-22(15-6-2-4-8-18(15)24(29,30)31)34-21(35-36)14-5-1-3-7-17(14)23(26,27)28/h1-12H,(H2,32,37)/b16-12-. The van der Waals surface area contributed by atoms with Crippen LogP contribution < -0.4 is 5.73 Å². The zero-order valence-electron chi connectivity index (χ0n) is 18.3. The van der Waals surface area contributed by atoms with E-state index in [0.29, 0.717) is 4.68 Å². The lowest BCUT2D eigenvalue weighted by Gasteiger charge is -2.12. The Balaban J connectivity index is 2.03. The van der Waals surface area contributed by atoms with Gasteiger partial charge in [-0.2, -0.15) is 30.7 Å². The number of pyridine rings is 1. The largest absolute Gasteiger partial charge is 0.417 e. The third kappa shape index (κ3) is 5.34. The fraction of sp³-hybridized carbons (Fsp3) is 0.0833. The summed E-state index contributed by atoms with van der Waals surface area (Å²) >= 11 is 0. The van der Waals surface area contributed by atoms with Crippen LogP contribution >= 0.6 is 0 Å². The van der Waals surface area contributed by atoms with Crippen molar-refractivity contribution >= 4 is 17.7 Å². The Hall–Kier alpha value is -4.55. The molecule has 0 bridgehead atoms. The highest BCUT2D eigenvalue weighted by Gasteiger charge is 2.37. The molecule has 0 unspecified atom stereocenters. The first-order valence-electron chi connectivity index (χ1n) is 10.3. The van der Waals surface area contributed by atoms with Crippen LogP contribution in [0.4, 0.5) is 30.7 Å². The second kappa shape index (κ2) is 9.48. The van der Waals surface area contributed by atoms with E-state index in [4.69, 9.17) is 5.73 Å². The van der Waals surface area contributed by atoms with Crippen LogP contribution in [0.1, 0.15) is 16.7 Å². The molecule has 2 heterocycles. The van der Waals surface area contributed by atoms with Gasteiger partial charge in [-0.15, -0.1) is 5.10 Å². The summed E-state index contributed by atoms with van der Waals surface area (Å²) in [6.45, 7) is 0. The average Bonchev–Trinajstić information content (AvgIpc) is 3.25. The van der Waals surface area contributed by atoms with E-state index in [-0.39, 0.29) is 5.56 Å². The number of nitrogens with zero attached hydrogens (tertiary/aromatic N) is 4. The van der Waals surface area contributed by atoms with Crippen LogP contribution in [0.2, 0.25) is 0 Å². The van der Waals surface area contributed by atoms with Gasteiger partial charge < -0.3 is 5.73 Å². The number of primary amides is 1. The van der Waals surface area contributed by atoms with Gasteiger partial charge >= 0.3 is 12.4 Å². The van der Waals surface area contributed by atoms with Crippen molar-refractivity contribution in [2.24, 2.45) is 5.73 Å². The van der Waals surface area contributed by atoms with Crippen LogP contribution in [0, 0.1) is 5.95 Å². The van der Waals surface area contributed by atoms with Gasteiger partial charge in [0.1, 0.15) is 0 Å².